The first kappa shape index (κ1) is 11.5. The van der Waals surface area contributed by atoms with Gasteiger partial charge in [-0.05, 0) is 32.2 Å². The highest BCUT2D eigenvalue weighted by Crippen LogP contribution is 2.12. The second kappa shape index (κ2) is 5.35. The van der Waals surface area contributed by atoms with E-state index in [1.54, 1.807) is 0 Å². The van der Waals surface area contributed by atoms with Crippen LogP contribution in [0.25, 0.3) is 0 Å². The van der Waals surface area contributed by atoms with Crippen LogP contribution in [0.15, 0.2) is 0 Å². The molecule has 1 amide bonds. The summed E-state index contributed by atoms with van der Waals surface area (Å²) in [6.45, 7) is 6.07. The highest BCUT2D eigenvalue weighted by molar-refractivity contribution is 5.82. The Bertz CT molecular complexity index is 186. The van der Waals surface area contributed by atoms with Crippen LogP contribution in [0.1, 0.15) is 33.1 Å². The SMILES string of the molecule is CNC(C(=O)N1CCCCC1)C(C)C. The molecule has 14 heavy (non-hydrogen) atoms. The van der Waals surface area contributed by atoms with E-state index in [9.17, 15) is 4.79 Å². The average Bonchev–Trinajstić information content (AvgIpc) is 2.19. The van der Waals surface area contributed by atoms with Gasteiger partial charge in [0.15, 0.2) is 0 Å². The van der Waals surface area contributed by atoms with Gasteiger partial charge in [-0.25, -0.2) is 0 Å². The summed E-state index contributed by atoms with van der Waals surface area (Å²) in [5.41, 5.74) is 0. The number of likely N-dealkylation sites (N-methyl/N-ethyl adjacent to an activating group) is 1. The molecule has 0 bridgehead atoms. The molecule has 1 heterocycles. The van der Waals surface area contributed by atoms with Crippen molar-refractivity contribution in [3.63, 3.8) is 0 Å². The summed E-state index contributed by atoms with van der Waals surface area (Å²) in [4.78, 5) is 14.0. The van der Waals surface area contributed by atoms with Gasteiger partial charge in [-0.3, -0.25) is 4.79 Å². The summed E-state index contributed by atoms with van der Waals surface area (Å²) in [6, 6.07) is -0.00639. The number of carbonyl (C=O) groups excluding carboxylic acids is 1. The van der Waals surface area contributed by atoms with Crippen LogP contribution in [0.3, 0.4) is 0 Å². The topological polar surface area (TPSA) is 32.3 Å². The summed E-state index contributed by atoms with van der Waals surface area (Å²) >= 11 is 0. The molecule has 82 valence electrons. The number of amides is 1. The van der Waals surface area contributed by atoms with Crippen LogP contribution in [0.5, 0.6) is 0 Å². The number of rotatable bonds is 3. The fraction of sp³-hybridized carbons (Fsp3) is 0.909. The maximum absolute atomic E-state index is 12.0. The van der Waals surface area contributed by atoms with Crippen LogP contribution >= 0.6 is 0 Å². The third-order valence-electron chi connectivity index (χ3n) is 2.91. The normalized spacial score (nSPS) is 19.9. The summed E-state index contributed by atoms with van der Waals surface area (Å²) in [5, 5.41) is 3.11. The third kappa shape index (κ3) is 2.71. The number of nitrogens with one attached hydrogen (secondary N) is 1. The number of piperidine rings is 1. The number of carbonyl (C=O) groups is 1. The monoisotopic (exact) mass is 198 g/mol. The molecular weight excluding hydrogens is 176 g/mol. The lowest BCUT2D eigenvalue weighted by atomic mass is 10.0. The molecule has 0 aromatic heterocycles. The first-order chi connectivity index (χ1) is 6.66. The minimum absolute atomic E-state index is 0.00639. The Labute approximate surface area is 86.9 Å². The van der Waals surface area contributed by atoms with Gasteiger partial charge in [-0.1, -0.05) is 13.8 Å². The van der Waals surface area contributed by atoms with Crippen LogP contribution < -0.4 is 5.32 Å². The van der Waals surface area contributed by atoms with Crippen molar-refractivity contribution in [1.29, 1.82) is 0 Å². The van der Waals surface area contributed by atoms with Crippen LogP contribution in [0, 0.1) is 5.92 Å². The van der Waals surface area contributed by atoms with E-state index in [1.165, 1.54) is 19.3 Å². The second-order valence-corrected chi connectivity index (χ2v) is 4.40. The average molecular weight is 198 g/mol. The summed E-state index contributed by atoms with van der Waals surface area (Å²) in [7, 11) is 1.87. The molecule has 0 aromatic carbocycles. The van der Waals surface area contributed by atoms with Gasteiger partial charge in [0.1, 0.15) is 0 Å². The fourth-order valence-electron chi connectivity index (χ4n) is 2.05. The van der Waals surface area contributed by atoms with E-state index in [0.29, 0.717) is 5.92 Å². The van der Waals surface area contributed by atoms with Crippen LogP contribution in [-0.4, -0.2) is 37.0 Å². The molecule has 0 aliphatic carbocycles. The van der Waals surface area contributed by atoms with E-state index in [2.05, 4.69) is 19.2 Å². The molecule has 1 rings (SSSR count). The number of likely N-dealkylation sites (tertiary alicyclic amines) is 1. The highest BCUT2D eigenvalue weighted by Gasteiger charge is 2.26. The highest BCUT2D eigenvalue weighted by atomic mass is 16.2. The Morgan fingerprint density at radius 3 is 2.21 bits per heavy atom. The van der Waals surface area contributed by atoms with E-state index in [-0.39, 0.29) is 11.9 Å². The van der Waals surface area contributed by atoms with Crippen molar-refractivity contribution >= 4 is 5.91 Å². The minimum Gasteiger partial charge on any atom is -0.341 e. The Kier molecular flexibility index (Phi) is 4.39. The van der Waals surface area contributed by atoms with Crippen molar-refractivity contribution in [3.8, 4) is 0 Å². The smallest absolute Gasteiger partial charge is 0.239 e. The molecule has 0 aromatic rings. The van der Waals surface area contributed by atoms with Crippen molar-refractivity contribution in [3.05, 3.63) is 0 Å². The molecule has 1 saturated heterocycles. The molecule has 0 radical (unpaired) electrons. The Morgan fingerprint density at radius 2 is 1.79 bits per heavy atom. The van der Waals surface area contributed by atoms with E-state index in [4.69, 9.17) is 0 Å². The molecule has 1 N–H and O–H groups in total. The first-order valence-electron chi connectivity index (χ1n) is 5.63. The Hall–Kier alpha value is -0.570. The van der Waals surface area contributed by atoms with Gasteiger partial charge < -0.3 is 10.2 Å². The zero-order valence-electron chi connectivity index (χ0n) is 9.55. The van der Waals surface area contributed by atoms with E-state index < -0.39 is 0 Å². The van der Waals surface area contributed by atoms with Gasteiger partial charge >= 0.3 is 0 Å². The molecule has 0 spiro atoms. The molecule has 1 fully saturated rings. The standard InChI is InChI=1S/C11H22N2O/c1-9(2)10(12-3)11(14)13-7-5-4-6-8-13/h9-10,12H,4-8H2,1-3H3. The molecule has 3 nitrogen and oxygen atoms in total. The zero-order chi connectivity index (χ0) is 10.6. The zero-order valence-corrected chi connectivity index (χ0v) is 9.55. The van der Waals surface area contributed by atoms with Crippen LogP contribution in [0.2, 0.25) is 0 Å². The predicted octanol–water partition coefficient (Wildman–Crippen LogP) is 1.24. The van der Waals surface area contributed by atoms with Gasteiger partial charge in [-0.2, -0.15) is 0 Å². The molecule has 1 aliphatic heterocycles. The maximum Gasteiger partial charge on any atom is 0.239 e. The van der Waals surface area contributed by atoms with Gasteiger partial charge in [0.05, 0.1) is 6.04 Å². The molecule has 1 atom stereocenters. The van der Waals surface area contributed by atoms with E-state index in [0.717, 1.165) is 13.1 Å². The molecule has 1 unspecified atom stereocenters. The first-order valence-corrected chi connectivity index (χ1v) is 5.63. The number of hydrogen-bond acceptors (Lipinski definition) is 2. The van der Waals surface area contributed by atoms with Gasteiger partial charge in [-0.15, -0.1) is 0 Å². The number of nitrogens with zero attached hydrogens (tertiary/aromatic N) is 1. The summed E-state index contributed by atoms with van der Waals surface area (Å²) in [5.74, 6) is 0.650. The third-order valence-corrected chi connectivity index (χ3v) is 2.91. The lowest BCUT2D eigenvalue weighted by molar-refractivity contribution is -0.135. The quantitative estimate of drug-likeness (QED) is 0.740. The van der Waals surface area contributed by atoms with Crippen molar-refractivity contribution in [2.24, 2.45) is 5.92 Å². The van der Waals surface area contributed by atoms with Crippen molar-refractivity contribution in [2.45, 2.75) is 39.2 Å². The lowest BCUT2D eigenvalue weighted by Gasteiger charge is -2.31. The van der Waals surface area contributed by atoms with Crippen LogP contribution in [0.4, 0.5) is 0 Å². The summed E-state index contributed by atoms with van der Waals surface area (Å²) < 4.78 is 0. The van der Waals surface area contributed by atoms with E-state index >= 15 is 0 Å². The Morgan fingerprint density at radius 1 is 1.21 bits per heavy atom. The predicted molar refractivity (Wildman–Crippen MR) is 58.1 cm³/mol. The van der Waals surface area contributed by atoms with Crippen molar-refractivity contribution in [1.82, 2.24) is 10.2 Å². The van der Waals surface area contributed by atoms with Crippen molar-refractivity contribution < 1.29 is 4.79 Å². The molecule has 3 heteroatoms. The second-order valence-electron chi connectivity index (χ2n) is 4.40. The largest absolute Gasteiger partial charge is 0.341 e. The maximum atomic E-state index is 12.0. The lowest BCUT2D eigenvalue weighted by Crippen LogP contribution is -2.49. The molecule has 0 saturated carbocycles. The van der Waals surface area contributed by atoms with Gasteiger partial charge in [0.25, 0.3) is 0 Å². The molecule has 1 aliphatic rings. The Balaban J connectivity index is 2.52. The van der Waals surface area contributed by atoms with Crippen LogP contribution in [-0.2, 0) is 4.79 Å². The van der Waals surface area contributed by atoms with E-state index in [1.807, 2.05) is 11.9 Å². The minimum atomic E-state index is -0.00639. The fourth-order valence-corrected chi connectivity index (χ4v) is 2.05. The van der Waals surface area contributed by atoms with Crippen molar-refractivity contribution in [2.75, 3.05) is 20.1 Å². The molecular formula is C11H22N2O. The van der Waals surface area contributed by atoms with Gasteiger partial charge in [0, 0.05) is 13.1 Å². The summed E-state index contributed by atoms with van der Waals surface area (Å²) in [6.07, 6.45) is 3.61. The number of hydrogen-bond donors (Lipinski definition) is 1. The van der Waals surface area contributed by atoms with Gasteiger partial charge in [0.2, 0.25) is 5.91 Å².